The van der Waals surface area contributed by atoms with Crippen LogP contribution in [0.2, 0.25) is 20.1 Å². The molecule has 1 aromatic heterocycles. The number of carbonyl (C=O) groups is 1. The zero-order valence-electron chi connectivity index (χ0n) is 14.3. The van der Waals surface area contributed by atoms with Gasteiger partial charge in [-0.25, -0.2) is 10.2 Å². The third kappa shape index (κ3) is 4.42. The Kier molecular flexibility index (Phi) is 6.46. The van der Waals surface area contributed by atoms with Gasteiger partial charge in [0.2, 0.25) is 0 Å². The van der Waals surface area contributed by atoms with Crippen molar-refractivity contribution in [1.82, 2.24) is 10.6 Å². The molecule has 10 heteroatoms. The predicted octanol–water partition coefficient (Wildman–Crippen LogP) is 6.42. The molecule has 1 heterocycles. The van der Waals surface area contributed by atoms with E-state index in [-0.39, 0.29) is 0 Å². The lowest BCUT2D eigenvalue weighted by Gasteiger charge is -2.08. The standard InChI is InChI=1S/C18H12Cl4N4O2/c1-9-16(17(26-28-9)15-13(21)6-3-7-14(15)22)24-18(27)25-23-8-10-11(19)4-2-5-12(10)20/h2-8H,1H3,(H2,24,25,27)/b23-8-. The maximum Gasteiger partial charge on any atom is 0.339 e. The fourth-order valence-corrected chi connectivity index (χ4v) is 3.42. The van der Waals surface area contributed by atoms with Gasteiger partial charge in [-0.05, 0) is 31.2 Å². The number of carbonyl (C=O) groups excluding carboxylic acids is 1. The van der Waals surface area contributed by atoms with Crippen LogP contribution in [0.1, 0.15) is 11.3 Å². The summed E-state index contributed by atoms with van der Waals surface area (Å²) in [4.78, 5) is 12.2. The van der Waals surface area contributed by atoms with Crippen LogP contribution in [-0.4, -0.2) is 17.4 Å². The van der Waals surface area contributed by atoms with Gasteiger partial charge >= 0.3 is 6.03 Å². The van der Waals surface area contributed by atoms with E-state index in [9.17, 15) is 4.79 Å². The first-order valence-corrected chi connectivity index (χ1v) is 9.34. The fourth-order valence-electron chi connectivity index (χ4n) is 2.35. The molecule has 28 heavy (non-hydrogen) atoms. The lowest BCUT2D eigenvalue weighted by molar-refractivity contribution is 0.252. The number of halogens is 4. The first-order valence-electron chi connectivity index (χ1n) is 7.83. The average molecular weight is 458 g/mol. The molecule has 2 N–H and O–H groups in total. The maximum absolute atomic E-state index is 12.2. The quantitative estimate of drug-likeness (QED) is 0.350. The number of nitrogens with zero attached hydrogens (tertiary/aromatic N) is 2. The minimum Gasteiger partial charge on any atom is -0.359 e. The van der Waals surface area contributed by atoms with Crippen LogP contribution in [0.5, 0.6) is 0 Å². The molecule has 0 saturated carbocycles. The summed E-state index contributed by atoms with van der Waals surface area (Å²) < 4.78 is 5.18. The first-order chi connectivity index (χ1) is 13.4. The number of aromatic nitrogens is 1. The van der Waals surface area contributed by atoms with Crippen LogP contribution in [0.15, 0.2) is 46.0 Å². The Labute approximate surface area is 180 Å². The molecule has 0 radical (unpaired) electrons. The smallest absolute Gasteiger partial charge is 0.339 e. The van der Waals surface area contributed by atoms with Crippen molar-refractivity contribution in [2.24, 2.45) is 5.10 Å². The maximum atomic E-state index is 12.2. The number of hydrazone groups is 1. The number of amides is 2. The van der Waals surface area contributed by atoms with E-state index < -0.39 is 6.03 Å². The van der Waals surface area contributed by atoms with E-state index in [2.05, 4.69) is 21.0 Å². The number of aryl methyl sites for hydroxylation is 1. The molecule has 2 aromatic carbocycles. The second kappa shape index (κ2) is 8.84. The van der Waals surface area contributed by atoms with Crippen LogP contribution in [0.4, 0.5) is 10.5 Å². The van der Waals surface area contributed by atoms with Crippen molar-refractivity contribution < 1.29 is 9.32 Å². The van der Waals surface area contributed by atoms with Gasteiger partial charge in [0.15, 0.2) is 5.76 Å². The summed E-state index contributed by atoms with van der Waals surface area (Å²) in [5, 5.41) is 12.0. The molecule has 6 nitrogen and oxygen atoms in total. The van der Waals surface area contributed by atoms with E-state index >= 15 is 0 Å². The third-order valence-corrected chi connectivity index (χ3v) is 4.95. The molecule has 2 amide bonds. The van der Waals surface area contributed by atoms with Gasteiger partial charge in [-0.1, -0.05) is 63.7 Å². The largest absolute Gasteiger partial charge is 0.359 e. The molecule has 0 bridgehead atoms. The number of hydrogen-bond acceptors (Lipinski definition) is 4. The fraction of sp³-hybridized carbons (Fsp3) is 0.0556. The van der Waals surface area contributed by atoms with Gasteiger partial charge in [0.25, 0.3) is 0 Å². The highest BCUT2D eigenvalue weighted by atomic mass is 35.5. The number of anilines is 1. The van der Waals surface area contributed by atoms with Crippen LogP contribution in [0, 0.1) is 6.92 Å². The lowest BCUT2D eigenvalue weighted by atomic mass is 10.1. The molecular weight excluding hydrogens is 446 g/mol. The lowest BCUT2D eigenvalue weighted by Crippen LogP contribution is -2.24. The zero-order valence-corrected chi connectivity index (χ0v) is 17.3. The highest BCUT2D eigenvalue weighted by molar-refractivity contribution is 6.39. The minimum atomic E-state index is -0.629. The van der Waals surface area contributed by atoms with Crippen LogP contribution in [0.25, 0.3) is 11.3 Å². The van der Waals surface area contributed by atoms with Gasteiger partial charge in [0.05, 0.1) is 26.3 Å². The Morgan fingerprint density at radius 2 is 1.61 bits per heavy atom. The minimum absolute atomic E-state index is 0.307. The van der Waals surface area contributed by atoms with Crippen molar-refractivity contribution in [2.45, 2.75) is 6.92 Å². The Hall–Kier alpha value is -2.25. The van der Waals surface area contributed by atoms with E-state index in [0.29, 0.717) is 48.4 Å². The summed E-state index contributed by atoms with van der Waals surface area (Å²) in [6.45, 7) is 1.64. The summed E-state index contributed by atoms with van der Waals surface area (Å²) in [6, 6.07) is 9.43. The SMILES string of the molecule is Cc1onc(-c2c(Cl)cccc2Cl)c1NC(=O)N/N=C\c1c(Cl)cccc1Cl. The zero-order chi connectivity index (χ0) is 20.3. The van der Waals surface area contributed by atoms with E-state index in [1.807, 2.05) is 0 Å². The molecule has 3 aromatic rings. The van der Waals surface area contributed by atoms with Crippen molar-refractivity contribution >= 4 is 64.3 Å². The molecule has 0 saturated heterocycles. The van der Waals surface area contributed by atoms with Crippen LogP contribution in [0.3, 0.4) is 0 Å². The predicted molar refractivity (Wildman–Crippen MR) is 113 cm³/mol. The van der Waals surface area contributed by atoms with E-state index in [4.69, 9.17) is 50.9 Å². The van der Waals surface area contributed by atoms with Crippen molar-refractivity contribution in [1.29, 1.82) is 0 Å². The Balaban J connectivity index is 1.79. The number of benzene rings is 2. The topological polar surface area (TPSA) is 79.5 Å². The Morgan fingerprint density at radius 1 is 1.04 bits per heavy atom. The van der Waals surface area contributed by atoms with E-state index in [1.165, 1.54) is 6.21 Å². The molecule has 0 fully saturated rings. The molecule has 0 atom stereocenters. The second-order valence-corrected chi connectivity index (χ2v) is 7.15. The first kappa shape index (κ1) is 20.5. The van der Waals surface area contributed by atoms with Gasteiger partial charge in [0, 0.05) is 11.1 Å². The van der Waals surface area contributed by atoms with Crippen molar-refractivity contribution in [3.63, 3.8) is 0 Å². The van der Waals surface area contributed by atoms with Gasteiger partial charge in [0.1, 0.15) is 11.4 Å². The molecule has 0 unspecified atom stereocenters. The van der Waals surface area contributed by atoms with Crippen molar-refractivity contribution in [2.75, 3.05) is 5.32 Å². The molecule has 0 aliphatic carbocycles. The summed E-state index contributed by atoms with van der Waals surface area (Å²) >= 11 is 24.5. The summed E-state index contributed by atoms with van der Waals surface area (Å²) in [7, 11) is 0. The summed E-state index contributed by atoms with van der Waals surface area (Å²) in [5.41, 5.74) is 3.88. The van der Waals surface area contributed by atoms with Gasteiger partial charge in [-0.15, -0.1) is 0 Å². The highest BCUT2D eigenvalue weighted by Gasteiger charge is 2.21. The molecule has 144 valence electrons. The monoisotopic (exact) mass is 456 g/mol. The van der Waals surface area contributed by atoms with Crippen LogP contribution < -0.4 is 10.7 Å². The van der Waals surface area contributed by atoms with Gasteiger partial charge in [-0.2, -0.15) is 5.10 Å². The van der Waals surface area contributed by atoms with Crippen LogP contribution >= 0.6 is 46.4 Å². The molecule has 0 aliphatic rings. The Morgan fingerprint density at radius 3 is 2.21 bits per heavy atom. The molecule has 3 rings (SSSR count). The van der Waals surface area contributed by atoms with Crippen molar-refractivity contribution in [3.05, 3.63) is 67.8 Å². The van der Waals surface area contributed by atoms with E-state index in [1.54, 1.807) is 43.3 Å². The normalized spacial score (nSPS) is 11.0. The summed E-state index contributed by atoms with van der Waals surface area (Å²) in [5.74, 6) is 0.374. The third-order valence-electron chi connectivity index (χ3n) is 3.66. The number of nitrogens with one attached hydrogen (secondary N) is 2. The number of rotatable bonds is 4. The number of urea groups is 1. The van der Waals surface area contributed by atoms with Gasteiger partial charge < -0.3 is 9.84 Å². The number of hydrogen-bond donors (Lipinski definition) is 2. The summed E-state index contributed by atoms with van der Waals surface area (Å²) in [6.07, 6.45) is 1.34. The van der Waals surface area contributed by atoms with Gasteiger partial charge in [-0.3, -0.25) is 0 Å². The molecule has 0 aliphatic heterocycles. The molecular formula is C18H12Cl4N4O2. The van der Waals surface area contributed by atoms with E-state index in [0.717, 1.165) is 0 Å². The second-order valence-electron chi connectivity index (χ2n) is 5.52. The highest BCUT2D eigenvalue weighted by Crippen LogP contribution is 2.39. The van der Waals surface area contributed by atoms with Crippen LogP contribution in [-0.2, 0) is 0 Å². The average Bonchev–Trinajstić information content (AvgIpc) is 2.98. The molecule has 0 spiro atoms. The van der Waals surface area contributed by atoms with Crippen molar-refractivity contribution in [3.8, 4) is 11.3 Å². The Bertz CT molecular complexity index is 1030.